The van der Waals surface area contributed by atoms with Crippen LogP contribution in [0.15, 0.2) is 41.3 Å². The molecule has 0 saturated carbocycles. The number of hydrogen-bond donors (Lipinski definition) is 1. The summed E-state index contributed by atoms with van der Waals surface area (Å²) in [6, 6.07) is 8.76. The van der Waals surface area contributed by atoms with E-state index < -0.39 is 34.9 Å². The van der Waals surface area contributed by atoms with E-state index in [2.05, 4.69) is 5.32 Å². The van der Waals surface area contributed by atoms with E-state index in [1.807, 2.05) is 32.0 Å². The summed E-state index contributed by atoms with van der Waals surface area (Å²) in [5, 5.41) is 13.0. The minimum absolute atomic E-state index is 0.0358. The fourth-order valence-corrected chi connectivity index (χ4v) is 2.85. The van der Waals surface area contributed by atoms with Crippen molar-refractivity contribution in [2.75, 3.05) is 17.7 Å². The van der Waals surface area contributed by atoms with Crippen molar-refractivity contribution >= 4 is 35.0 Å². The molecule has 0 aliphatic heterocycles. The molecule has 0 atom stereocenters. The van der Waals surface area contributed by atoms with Crippen molar-refractivity contribution in [2.24, 2.45) is 0 Å². The van der Waals surface area contributed by atoms with Gasteiger partial charge in [0.05, 0.1) is 10.7 Å². The number of nitro benzene ring substituents is 1. The van der Waals surface area contributed by atoms with Gasteiger partial charge in [-0.25, -0.2) is 0 Å². The molecule has 2 aromatic carbocycles. The fourth-order valence-electron chi connectivity index (χ4n) is 2.06. The van der Waals surface area contributed by atoms with E-state index in [1.54, 1.807) is 0 Å². The molecule has 9 heteroatoms. The van der Waals surface area contributed by atoms with Crippen LogP contribution in [0.25, 0.3) is 0 Å². The number of nitrogens with one attached hydrogen (secondary N) is 1. The van der Waals surface area contributed by atoms with Crippen LogP contribution in [0.5, 0.6) is 0 Å². The summed E-state index contributed by atoms with van der Waals surface area (Å²) in [5.41, 5.74) is 1.55. The highest BCUT2D eigenvalue weighted by Gasteiger charge is 2.16. The van der Waals surface area contributed by atoms with Gasteiger partial charge in [0.15, 0.2) is 6.61 Å². The topological polar surface area (TPSA) is 98.5 Å². The second kappa shape index (κ2) is 9.13. The zero-order valence-corrected chi connectivity index (χ0v) is 15.5. The van der Waals surface area contributed by atoms with E-state index in [0.717, 1.165) is 28.2 Å². The van der Waals surface area contributed by atoms with Gasteiger partial charge in [-0.05, 0) is 49.2 Å². The third-order valence-corrected chi connectivity index (χ3v) is 4.59. The van der Waals surface area contributed by atoms with Crippen molar-refractivity contribution in [1.29, 1.82) is 0 Å². The van der Waals surface area contributed by atoms with Crippen molar-refractivity contribution < 1.29 is 23.6 Å². The number of esters is 1. The summed E-state index contributed by atoms with van der Waals surface area (Å²) < 4.78 is 18.1. The number of anilines is 1. The van der Waals surface area contributed by atoms with Gasteiger partial charge in [-0.1, -0.05) is 6.07 Å². The van der Waals surface area contributed by atoms with Gasteiger partial charge in [-0.2, -0.15) is 4.39 Å². The molecule has 0 heterocycles. The molecule has 0 saturated heterocycles. The summed E-state index contributed by atoms with van der Waals surface area (Å²) in [6.07, 6.45) is 0. The number of aryl methyl sites for hydroxylation is 2. The predicted molar refractivity (Wildman–Crippen MR) is 99.3 cm³/mol. The third kappa shape index (κ3) is 6.07. The molecule has 7 nitrogen and oxygen atoms in total. The van der Waals surface area contributed by atoms with Gasteiger partial charge < -0.3 is 10.1 Å². The van der Waals surface area contributed by atoms with Gasteiger partial charge in [-0.3, -0.25) is 19.7 Å². The molecule has 0 bridgehead atoms. The van der Waals surface area contributed by atoms with E-state index in [4.69, 9.17) is 4.74 Å². The zero-order valence-electron chi connectivity index (χ0n) is 14.7. The van der Waals surface area contributed by atoms with Crippen LogP contribution < -0.4 is 5.32 Å². The van der Waals surface area contributed by atoms with Crippen LogP contribution in [-0.4, -0.2) is 29.2 Å². The largest absolute Gasteiger partial charge is 0.455 e. The van der Waals surface area contributed by atoms with Crippen LogP contribution in [0, 0.1) is 29.8 Å². The molecule has 0 radical (unpaired) electrons. The van der Waals surface area contributed by atoms with Crippen LogP contribution in [0.2, 0.25) is 0 Å². The second-order valence-electron chi connectivity index (χ2n) is 5.67. The van der Waals surface area contributed by atoms with Crippen molar-refractivity contribution in [3.63, 3.8) is 0 Å². The molecule has 0 unspecified atom stereocenters. The number of hydrogen-bond acceptors (Lipinski definition) is 6. The first-order valence-corrected chi connectivity index (χ1v) is 8.84. The normalized spacial score (nSPS) is 10.3. The molecule has 1 N–H and O–H groups in total. The van der Waals surface area contributed by atoms with Crippen LogP contribution in [0.1, 0.15) is 11.1 Å². The van der Waals surface area contributed by atoms with Crippen molar-refractivity contribution in [3.8, 4) is 0 Å². The molecular formula is C18H17FN2O5S. The Morgan fingerprint density at radius 3 is 2.59 bits per heavy atom. The van der Waals surface area contributed by atoms with E-state index >= 15 is 0 Å². The number of carbonyl (C=O) groups is 2. The Kier molecular flexibility index (Phi) is 6.89. The number of amides is 1. The summed E-state index contributed by atoms with van der Waals surface area (Å²) in [4.78, 5) is 34.2. The summed E-state index contributed by atoms with van der Waals surface area (Å²) in [7, 11) is 0. The number of benzene rings is 2. The number of nitro groups is 1. The van der Waals surface area contributed by atoms with Gasteiger partial charge in [0, 0.05) is 16.6 Å². The number of ether oxygens (including phenoxy) is 1. The molecule has 2 aromatic rings. The molecule has 0 spiro atoms. The Morgan fingerprint density at radius 2 is 1.93 bits per heavy atom. The van der Waals surface area contributed by atoms with Gasteiger partial charge >= 0.3 is 11.7 Å². The molecular weight excluding hydrogens is 375 g/mol. The molecule has 0 fully saturated rings. The highest BCUT2D eigenvalue weighted by molar-refractivity contribution is 8.00. The van der Waals surface area contributed by atoms with Crippen LogP contribution >= 0.6 is 11.8 Å². The summed E-state index contributed by atoms with van der Waals surface area (Å²) in [5.74, 6) is -2.22. The molecule has 0 aliphatic carbocycles. The third-order valence-electron chi connectivity index (χ3n) is 3.63. The summed E-state index contributed by atoms with van der Waals surface area (Å²) in [6.45, 7) is 3.42. The molecule has 2 rings (SSSR count). The Morgan fingerprint density at radius 1 is 1.19 bits per heavy atom. The van der Waals surface area contributed by atoms with Crippen molar-refractivity contribution in [2.45, 2.75) is 18.7 Å². The number of carbonyl (C=O) groups excluding carboxylic acids is 2. The quantitative estimate of drug-likeness (QED) is 0.334. The summed E-state index contributed by atoms with van der Waals surface area (Å²) >= 11 is 1.29. The molecule has 0 aromatic heterocycles. The lowest BCUT2D eigenvalue weighted by atomic mass is 10.1. The predicted octanol–water partition coefficient (Wildman–Crippen LogP) is 3.62. The number of halogens is 1. The Balaban J connectivity index is 1.81. The van der Waals surface area contributed by atoms with Crippen LogP contribution in [-0.2, 0) is 14.3 Å². The first-order valence-electron chi connectivity index (χ1n) is 7.85. The first-order chi connectivity index (χ1) is 12.8. The van der Waals surface area contributed by atoms with E-state index in [-0.39, 0.29) is 11.4 Å². The molecule has 27 heavy (non-hydrogen) atoms. The fraction of sp³-hybridized carbons (Fsp3) is 0.222. The maximum Gasteiger partial charge on any atom is 0.316 e. The lowest BCUT2D eigenvalue weighted by Gasteiger charge is -2.07. The smallest absolute Gasteiger partial charge is 0.316 e. The average Bonchev–Trinajstić information content (AvgIpc) is 2.62. The molecule has 0 aliphatic rings. The van der Waals surface area contributed by atoms with Crippen molar-refractivity contribution in [3.05, 3.63) is 63.5 Å². The maximum atomic E-state index is 13.3. The van der Waals surface area contributed by atoms with Gasteiger partial charge in [-0.15, -0.1) is 11.8 Å². The van der Waals surface area contributed by atoms with Crippen LogP contribution in [0.3, 0.4) is 0 Å². The van der Waals surface area contributed by atoms with Crippen LogP contribution in [0.4, 0.5) is 15.8 Å². The zero-order chi connectivity index (χ0) is 20.0. The van der Waals surface area contributed by atoms with Crippen molar-refractivity contribution in [1.82, 2.24) is 0 Å². The minimum atomic E-state index is -1.01. The average molecular weight is 392 g/mol. The molecule has 1 amide bonds. The highest BCUT2D eigenvalue weighted by Crippen LogP contribution is 2.22. The lowest BCUT2D eigenvalue weighted by molar-refractivity contribution is -0.387. The SMILES string of the molecule is Cc1ccc(SCC(=O)OCC(=O)Nc2ccc(F)c([N+](=O)[O-])c2)cc1C. The Labute approximate surface area is 159 Å². The van der Waals surface area contributed by atoms with Gasteiger partial charge in [0.2, 0.25) is 5.82 Å². The highest BCUT2D eigenvalue weighted by atomic mass is 32.2. The first kappa shape index (κ1) is 20.4. The van der Waals surface area contributed by atoms with Gasteiger partial charge in [0.25, 0.3) is 5.91 Å². The molecule has 142 valence electrons. The maximum absolute atomic E-state index is 13.3. The number of nitrogens with zero attached hydrogens (tertiary/aromatic N) is 1. The lowest BCUT2D eigenvalue weighted by Crippen LogP contribution is -2.21. The standard InChI is InChI=1S/C18H17FN2O5S/c1-11-3-5-14(7-12(11)2)27-10-18(23)26-9-17(22)20-13-4-6-15(19)16(8-13)21(24)25/h3-8H,9-10H2,1-2H3,(H,20,22). The Hall–Kier alpha value is -2.94. The minimum Gasteiger partial charge on any atom is -0.455 e. The monoisotopic (exact) mass is 392 g/mol. The van der Waals surface area contributed by atoms with E-state index in [0.29, 0.717) is 0 Å². The Bertz CT molecular complexity index is 888. The van der Waals surface area contributed by atoms with E-state index in [1.165, 1.54) is 17.8 Å². The second-order valence-corrected chi connectivity index (χ2v) is 6.72. The van der Waals surface area contributed by atoms with Gasteiger partial charge in [0.1, 0.15) is 0 Å². The number of thioether (sulfide) groups is 1. The van der Waals surface area contributed by atoms with E-state index in [9.17, 15) is 24.1 Å². The number of rotatable bonds is 7.